The summed E-state index contributed by atoms with van der Waals surface area (Å²) in [7, 11) is 3.14. The molecular weight excluding hydrogens is 330 g/mol. The minimum absolute atomic E-state index is 0.270. The number of carbonyl (C=O) groups is 1. The van der Waals surface area contributed by atoms with Crippen LogP contribution in [-0.4, -0.2) is 39.9 Å². The second-order valence-corrected chi connectivity index (χ2v) is 5.87. The maximum Gasteiger partial charge on any atom is 0.319 e. The Labute approximate surface area is 155 Å². The number of amides is 2. The fraction of sp³-hybridized carbons (Fsp3) is 0.350. The van der Waals surface area contributed by atoms with Gasteiger partial charge in [-0.1, -0.05) is 12.1 Å². The average Bonchev–Trinajstić information content (AvgIpc) is 2.65. The van der Waals surface area contributed by atoms with Crippen molar-refractivity contribution in [1.82, 2.24) is 5.32 Å². The van der Waals surface area contributed by atoms with Gasteiger partial charge in [0, 0.05) is 31.4 Å². The summed E-state index contributed by atoms with van der Waals surface area (Å²) in [6.45, 7) is 6.31. The fourth-order valence-corrected chi connectivity index (χ4v) is 2.67. The topological polar surface area (TPSA) is 62.8 Å². The third-order valence-electron chi connectivity index (χ3n) is 4.07. The van der Waals surface area contributed by atoms with E-state index in [1.54, 1.807) is 32.4 Å². The first-order valence-corrected chi connectivity index (χ1v) is 8.65. The van der Waals surface area contributed by atoms with E-state index < -0.39 is 0 Å². The van der Waals surface area contributed by atoms with Crippen molar-refractivity contribution in [3.05, 3.63) is 48.0 Å². The van der Waals surface area contributed by atoms with Crippen LogP contribution in [0.2, 0.25) is 0 Å². The number of urea groups is 1. The number of hydrogen-bond donors (Lipinski definition) is 2. The third-order valence-corrected chi connectivity index (χ3v) is 4.07. The van der Waals surface area contributed by atoms with E-state index in [1.165, 1.54) is 5.56 Å². The molecule has 0 aromatic heterocycles. The predicted molar refractivity (Wildman–Crippen MR) is 106 cm³/mol. The Bertz CT molecular complexity index is 734. The third kappa shape index (κ3) is 5.31. The van der Waals surface area contributed by atoms with Gasteiger partial charge in [-0.3, -0.25) is 0 Å². The quantitative estimate of drug-likeness (QED) is 0.757. The van der Waals surface area contributed by atoms with E-state index in [0.717, 1.165) is 18.8 Å². The van der Waals surface area contributed by atoms with Crippen LogP contribution in [0, 0.1) is 6.92 Å². The normalized spacial score (nSPS) is 10.2. The Hall–Kier alpha value is -2.89. The monoisotopic (exact) mass is 357 g/mol. The number of ether oxygens (including phenoxy) is 2. The lowest BCUT2D eigenvalue weighted by molar-refractivity contribution is 0.252. The summed E-state index contributed by atoms with van der Waals surface area (Å²) in [6.07, 6.45) is 0. The molecule has 0 unspecified atom stereocenters. The summed E-state index contributed by atoms with van der Waals surface area (Å²) in [6, 6.07) is 13.3. The van der Waals surface area contributed by atoms with Gasteiger partial charge in [-0.25, -0.2) is 4.79 Å². The maximum atomic E-state index is 12.2. The Kier molecular flexibility index (Phi) is 7.14. The van der Waals surface area contributed by atoms with Gasteiger partial charge in [0.05, 0.1) is 19.9 Å². The molecule has 2 aromatic rings. The molecule has 0 bridgehead atoms. The SMILES string of the molecule is CCN(CCNC(=O)Nc1ccc(OC)cc1OC)c1cccc(C)c1. The van der Waals surface area contributed by atoms with Crippen molar-refractivity contribution in [3.63, 3.8) is 0 Å². The molecule has 2 N–H and O–H groups in total. The first-order chi connectivity index (χ1) is 12.6. The molecule has 0 saturated heterocycles. The highest BCUT2D eigenvalue weighted by molar-refractivity contribution is 5.91. The zero-order valence-electron chi connectivity index (χ0n) is 15.8. The number of carbonyl (C=O) groups excluding carboxylic acids is 1. The number of nitrogens with one attached hydrogen (secondary N) is 2. The summed E-state index contributed by atoms with van der Waals surface area (Å²) in [5.74, 6) is 1.22. The van der Waals surface area contributed by atoms with Crippen molar-refractivity contribution in [2.75, 3.05) is 44.1 Å². The van der Waals surface area contributed by atoms with Gasteiger partial charge >= 0.3 is 6.03 Å². The van der Waals surface area contributed by atoms with E-state index in [0.29, 0.717) is 23.7 Å². The van der Waals surface area contributed by atoms with Crippen LogP contribution in [0.25, 0.3) is 0 Å². The number of aryl methyl sites for hydroxylation is 1. The van der Waals surface area contributed by atoms with Crippen LogP contribution in [0.15, 0.2) is 42.5 Å². The van der Waals surface area contributed by atoms with E-state index >= 15 is 0 Å². The van der Waals surface area contributed by atoms with Gasteiger partial charge in [-0.15, -0.1) is 0 Å². The average molecular weight is 357 g/mol. The lowest BCUT2D eigenvalue weighted by Gasteiger charge is -2.23. The predicted octanol–water partition coefficient (Wildman–Crippen LogP) is 3.66. The van der Waals surface area contributed by atoms with Crippen LogP contribution < -0.4 is 25.0 Å². The number of hydrogen-bond acceptors (Lipinski definition) is 4. The van der Waals surface area contributed by atoms with E-state index in [9.17, 15) is 4.79 Å². The molecule has 2 amide bonds. The molecule has 0 aliphatic carbocycles. The number of benzene rings is 2. The highest BCUT2D eigenvalue weighted by atomic mass is 16.5. The smallest absolute Gasteiger partial charge is 0.319 e. The van der Waals surface area contributed by atoms with Crippen LogP contribution in [0.4, 0.5) is 16.2 Å². The first-order valence-electron chi connectivity index (χ1n) is 8.65. The highest BCUT2D eigenvalue weighted by Gasteiger charge is 2.09. The number of anilines is 2. The maximum absolute atomic E-state index is 12.2. The molecule has 0 fully saturated rings. The fourth-order valence-electron chi connectivity index (χ4n) is 2.67. The van der Waals surface area contributed by atoms with E-state index in [-0.39, 0.29) is 6.03 Å². The van der Waals surface area contributed by atoms with Crippen LogP contribution in [0.1, 0.15) is 12.5 Å². The number of likely N-dealkylation sites (N-methyl/N-ethyl adjacent to an activating group) is 1. The largest absolute Gasteiger partial charge is 0.497 e. The van der Waals surface area contributed by atoms with Crippen molar-refractivity contribution in [3.8, 4) is 11.5 Å². The number of nitrogens with zero attached hydrogens (tertiary/aromatic N) is 1. The lowest BCUT2D eigenvalue weighted by atomic mass is 10.2. The number of methoxy groups -OCH3 is 2. The summed E-state index contributed by atoms with van der Waals surface area (Å²) in [5, 5.41) is 5.69. The molecule has 2 aromatic carbocycles. The van der Waals surface area contributed by atoms with E-state index in [2.05, 4.69) is 47.6 Å². The molecular formula is C20H27N3O3. The lowest BCUT2D eigenvalue weighted by Crippen LogP contribution is -2.37. The molecule has 0 spiro atoms. The van der Waals surface area contributed by atoms with Crippen molar-refractivity contribution < 1.29 is 14.3 Å². The van der Waals surface area contributed by atoms with Gasteiger partial charge in [-0.05, 0) is 43.7 Å². The molecule has 2 rings (SSSR count). The Balaban J connectivity index is 1.88. The van der Waals surface area contributed by atoms with Gasteiger partial charge in [0.1, 0.15) is 11.5 Å². The van der Waals surface area contributed by atoms with Gasteiger partial charge in [0.15, 0.2) is 0 Å². The van der Waals surface area contributed by atoms with Crippen molar-refractivity contribution in [2.45, 2.75) is 13.8 Å². The molecule has 26 heavy (non-hydrogen) atoms. The molecule has 0 radical (unpaired) electrons. The van der Waals surface area contributed by atoms with E-state index in [4.69, 9.17) is 9.47 Å². The second-order valence-electron chi connectivity index (χ2n) is 5.87. The molecule has 0 aliphatic rings. The minimum atomic E-state index is -0.270. The summed E-state index contributed by atoms with van der Waals surface area (Å²) < 4.78 is 10.4. The van der Waals surface area contributed by atoms with Gasteiger partial charge in [0.2, 0.25) is 0 Å². The zero-order chi connectivity index (χ0) is 18.9. The summed E-state index contributed by atoms with van der Waals surface area (Å²) in [4.78, 5) is 14.4. The molecule has 0 heterocycles. The zero-order valence-corrected chi connectivity index (χ0v) is 15.8. The van der Waals surface area contributed by atoms with Crippen LogP contribution in [0.5, 0.6) is 11.5 Å². The minimum Gasteiger partial charge on any atom is -0.497 e. The standard InChI is InChI=1S/C20H27N3O3/c1-5-23(16-8-6-7-15(2)13-16)12-11-21-20(24)22-18-10-9-17(25-3)14-19(18)26-4/h6-10,13-14H,5,11-12H2,1-4H3,(H2,21,22,24). The van der Waals surface area contributed by atoms with Crippen molar-refractivity contribution in [2.24, 2.45) is 0 Å². The molecule has 6 heteroatoms. The Morgan fingerprint density at radius 1 is 1.12 bits per heavy atom. The van der Waals surface area contributed by atoms with Crippen LogP contribution in [-0.2, 0) is 0 Å². The van der Waals surface area contributed by atoms with Gasteiger partial charge < -0.3 is 25.0 Å². The molecule has 0 aliphatic heterocycles. The number of rotatable bonds is 8. The molecule has 6 nitrogen and oxygen atoms in total. The highest BCUT2D eigenvalue weighted by Crippen LogP contribution is 2.28. The van der Waals surface area contributed by atoms with Crippen molar-refractivity contribution >= 4 is 17.4 Å². The van der Waals surface area contributed by atoms with Crippen LogP contribution >= 0.6 is 0 Å². The molecule has 0 saturated carbocycles. The Morgan fingerprint density at radius 2 is 1.92 bits per heavy atom. The van der Waals surface area contributed by atoms with Gasteiger partial charge in [-0.2, -0.15) is 0 Å². The molecule has 0 atom stereocenters. The Morgan fingerprint density at radius 3 is 2.58 bits per heavy atom. The van der Waals surface area contributed by atoms with Gasteiger partial charge in [0.25, 0.3) is 0 Å². The first kappa shape index (κ1) is 19.4. The molecule has 140 valence electrons. The van der Waals surface area contributed by atoms with E-state index in [1.807, 2.05) is 6.07 Å². The van der Waals surface area contributed by atoms with Crippen molar-refractivity contribution in [1.29, 1.82) is 0 Å². The summed E-state index contributed by atoms with van der Waals surface area (Å²) >= 11 is 0. The van der Waals surface area contributed by atoms with Crippen LogP contribution in [0.3, 0.4) is 0 Å². The summed E-state index contributed by atoms with van der Waals surface area (Å²) in [5.41, 5.74) is 2.97. The second kappa shape index (κ2) is 9.56.